The highest BCUT2D eigenvalue weighted by Gasteiger charge is 2.50. The number of ether oxygens (including phenoxy) is 4. The fourth-order valence-electron chi connectivity index (χ4n) is 3.21. The molecule has 2 N–H and O–H groups in total. The van der Waals surface area contributed by atoms with Crippen LogP contribution in [0.2, 0.25) is 0 Å². The lowest BCUT2D eigenvalue weighted by atomic mass is 10.0. The molecule has 4 unspecified atom stereocenters. The number of hydrogen-bond acceptors (Lipinski definition) is 7. The first kappa shape index (κ1) is 17.0. The lowest BCUT2D eigenvalue weighted by Gasteiger charge is -2.22. The van der Waals surface area contributed by atoms with Crippen LogP contribution in [0.25, 0.3) is 0 Å². The second-order valence-electron chi connectivity index (χ2n) is 6.14. The molecule has 2 aliphatic rings. The number of aliphatic hydroxyl groups excluding tert-OH is 2. The lowest BCUT2D eigenvalue weighted by Crippen LogP contribution is -2.34. The number of carbonyl (C=O) groups excluding carboxylic acids is 1. The van der Waals surface area contributed by atoms with Gasteiger partial charge in [0.25, 0.3) is 0 Å². The van der Waals surface area contributed by atoms with E-state index >= 15 is 0 Å². The molecule has 0 bridgehead atoms. The van der Waals surface area contributed by atoms with Crippen molar-refractivity contribution in [3.63, 3.8) is 0 Å². The summed E-state index contributed by atoms with van der Waals surface area (Å²) in [4.78, 5) is 11.3. The van der Waals surface area contributed by atoms with E-state index in [1.165, 1.54) is 0 Å². The summed E-state index contributed by atoms with van der Waals surface area (Å²) in [5.41, 5.74) is 0. The van der Waals surface area contributed by atoms with Gasteiger partial charge in [0.1, 0.15) is 30.3 Å². The summed E-state index contributed by atoms with van der Waals surface area (Å²) < 4.78 is 21.3. The molecular weight excluding hydrogens is 316 g/mol. The molecule has 0 amide bonds. The summed E-state index contributed by atoms with van der Waals surface area (Å²) in [5.74, 6) is 0.950. The summed E-state index contributed by atoms with van der Waals surface area (Å²) in [6.07, 6.45) is -1.63. The summed E-state index contributed by atoms with van der Waals surface area (Å²) in [6.45, 7) is 0.0912. The van der Waals surface area contributed by atoms with Gasteiger partial charge in [0.05, 0.1) is 32.3 Å². The van der Waals surface area contributed by atoms with Gasteiger partial charge in [-0.1, -0.05) is 0 Å². The fourth-order valence-corrected chi connectivity index (χ4v) is 3.21. The number of fused-ring (bicyclic) bond motifs is 1. The molecule has 0 spiro atoms. The van der Waals surface area contributed by atoms with Crippen LogP contribution in [0.15, 0.2) is 24.3 Å². The van der Waals surface area contributed by atoms with Crippen molar-refractivity contribution in [2.24, 2.45) is 5.92 Å². The summed E-state index contributed by atoms with van der Waals surface area (Å²) in [6, 6.07) is 7.03. The van der Waals surface area contributed by atoms with Gasteiger partial charge in [0.2, 0.25) is 0 Å². The first-order chi connectivity index (χ1) is 11.6. The summed E-state index contributed by atoms with van der Waals surface area (Å²) in [7, 11) is 1.59. The number of aliphatic hydroxyl groups is 2. The van der Waals surface area contributed by atoms with E-state index in [1.54, 1.807) is 31.4 Å². The lowest BCUT2D eigenvalue weighted by molar-refractivity contribution is -0.142. The molecule has 1 aromatic rings. The Morgan fingerprint density at radius 3 is 2.67 bits per heavy atom. The minimum atomic E-state index is -0.837. The normalized spacial score (nSPS) is 29.9. The second kappa shape index (κ2) is 7.38. The molecule has 132 valence electrons. The van der Waals surface area contributed by atoms with Gasteiger partial charge in [-0.2, -0.15) is 0 Å². The Hall–Kier alpha value is -1.83. The number of hydrogen-bond donors (Lipinski definition) is 2. The Morgan fingerprint density at radius 2 is 1.96 bits per heavy atom. The molecule has 1 saturated heterocycles. The number of methoxy groups -OCH3 is 1. The first-order valence-corrected chi connectivity index (χ1v) is 8.01. The third kappa shape index (κ3) is 3.80. The van der Waals surface area contributed by atoms with E-state index in [2.05, 4.69) is 0 Å². The fraction of sp³-hybridized carbons (Fsp3) is 0.588. The van der Waals surface area contributed by atoms with E-state index in [9.17, 15) is 15.0 Å². The van der Waals surface area contributed by atoms with Crippen molar-refractivity contribution in [2.75, 3.05) is 20.3 Å². The summed E-state index contributed by atoms with van der Waals surface area (Å²) in [5, 5.41) is 20.0. The molecular formula is C17H22O7. The van der Waals surface area contributed by atoms with Crippen molar-refractivity contribution in [2.45, 2.75) is 37.3 Å². The van der Waals surface area contributed by atoms with Crippen molar-refractivity contribution in [1.82, 2.24) is 0 Å². The average molecular weight is 338 g/mol. The Labute approximate surface area is 140 Å². The molecule has 3 rings (SSSR count). The first-order valence-electron chi connectivity index (χ1n) is 8.01. The molecule has 1 aliphatic heterocycles. The molecule has 1 aliphatic carbocycles. The van der Waals surface area contributed by atoms with Crippen LogP contribution < -0.4 is 9.47 Å². The van der Waals surface area contributed by atoms with Gasteiger partial charge in [0, 0.05) is 12.3 Å². The molecule has 1 aromatic carbocycles. The smallest absolute Gasteiger partial charge is 0.306 e. The largest absolute Gasteiger partial charge is 0.497 e. The van der Waals surface area contributed by atoms with Crippen molar-refractivity contribution in [3.8, 4) is 11.5 Å². The van der Waals surface area contributed by atoms with E-state index in [4.69, 9.17) is 18.9 Å². The quantitative estimate of drug-likeness (QED) is 0.700. The van der Waals surface area contributed by atoms with E-state index < -0.39 is 18.3 Å². The monoisotopic (exact) mass is 338 g/mol. The van der Waals surface area contributed by atoms with Crippen LogP contribution in [0.4, 0.5) is 0 Å². The predicted molar refractivity (Wildman–Crippen MR) is 82.8 cm³/mol. The standard InChI is InChI=1S/C17H22O7/c1-21-11-2-4-12(5-3-11)22-8-10(18)9-23-17-13-6-16(20)24-15(13)7-14(17)19/h2-5,10,13-15,17-19H,6-9H2,1H3/t10?,13-,14?,15?,17?/m1/s1. The van der Waals surface area contributed by atoms with Gasteiger partial charge < -0.3 is 29.2 Å². The zero-order valence-electron chi connectivity index (χ0n) is 13.5. The maximum Gasteiger partial charge on any atom is 0.306 e. The molecule has 2 fully saturated rings. The maximum atomic E-state index is 11.3. The molecule has 24 heavy (non-hydrogen) atoms. The Bertz CT molecular complexity index is 559. The van der Waals surface area contributed by atoms with Gasteiger partial charge in [0.15, 0.2) is 0 Å². The third-order valence-electron chi connectivity index (χ3n) is 4.42. The maximum absolute atomic E-state index is 11.3. The molecule has 7 heteroatoms. The van der Waals surface area contributed by atoms with Crippen LogP contribution in [0.3, 0.4) is 0 Å². The molecule has 7 nitrogen and oxygen atoms in total. The number of rotatable bonds is 7. The number of benzene rings is 1. The van der Waals surface area contributed by atoms with Gasteiger partial charge in [-0.25, -0.2) is 0 Å². The molecule has 0 aromatic heterocycles. The van der Waals surface area contributed by atoms with Crippen LogP contribution in [0.1, 0.15) is 12.8 Å². The van der Waals surface area contributed by atoms with Gasteiger partial charge in [-0.15, -0.1) is 0 Å². The van der Waals surface area contributed by atoms with Crippen molar-refractivity contribution in [3.05, 3.63) is 24.3 Å². The van der Waals surface area contributed by atoms with E-state index in [-0.39, 0.29) is 37.6 Å². The minimum Gasteiger partial charge on any atom is -0.497 e. The summed E-state index contributed by atoms with van der Waals surface area (Å²) >= 11 is 0. The zero-order valence-corrected chi connectivity index (χ0v) is 13.5. The van der Waals surface area contributed by atoms with Crippen molar-refractivity contribution < 1.29 is 34.0 Å². The highest BCUT2D eigenvalue weighted by atomic mass is 16.6. The molecule has 5 atom stereocenters. The zero-order chi connectivity index (χ0) is 17.1. The van der Waals surface area contributed by atoms with Crippen LogP contribution in [0.5, 0.6) is 11.5 Å². The van der Waals surface area contributed by atoms with Crippen LogP contribution >= 0.6 is 0 Å². The van der Waals surface area contributed by atoms with Crippen LogP contribution in [-0.4, -0.2) is 60.9 Å². The SMILES string of the molecule is COc1ccc(OCC(O)COC2C(O)CC3OC(=O)C[C@H]32)cc1. The Balaban J connectivity index is 1.43. The minimum absolute atomic E-state index is 0.0231. The second-order valence-corrected chi connectivity index (χ2v) is 6.14. The highest BCUT2D eigenvalue weighted by Crippen LogP contribution is 2.38. The van der Waals surface area contributed by atoms with Crippen molar-refractivity contribution >= 4 is 5.97 Å². The third-order valence-corrected chi connectivity index (χ3v) is 4.42. The van der Waals surface area contributed by atoms with Crippen molar-refractivity contribution in [1.29, 1.82) is 0 Å². The van der Waals surface area contributed by atoms with Crippen LogP contribution in [-0.2, 0) is 14.3 Å². The average Bonchev–Trinajstić information content (AvgIpc) is 3.06. The number of esters is 1. The van der Waals surface area contributed by atoms with E-state index in [1.807, 2.05) is 0 Å². The van der Waals surface area contributed by atoms with Crippen LogP contribution in [0, 0.1) is 5.92 Å². The van der Waals surface area contributed by atoms with Gasteiger partial charge in [-0.05, 0) is 24.3 Å². The Kier molecular flexibility index (Phi) is 5.23. The van der Waals surface area contributed by atoms with Gasteiger partial charge >= 0.3 is 5.97 Å². The topological polar surface area (TPSA) is 94.5 Å². The number of carbonyl (C=O) groups is 1. The Morgan fingerprint density at radius 1 is 1.25 bits per heavy atom. The van der Waals surface area contributed by atoms with E-state index in [0.29, 0.717) is 12.2 Å². The highest BCUT2D eigenvalue weighted by molar-refractivity contribution is 5.72. The molecule has 0 radical (unpaired) electrons. The predicted octanol–water partition coefficient (Wildman–Crippen LogP) is 0.516. The molecule has 1 saturated carbocycles. The van der Waals surface area contributed by atoms with E-state index in [0.717, 1.165) is 5.75 Å². The molecule has 1 heterocycles. The van der Waals surface area contributed by atoms with Gasteiger partial charge in [-0.3, -0.25) is 4.79 Å².